The lowest BCUT2D eigenvalue weighted by Crippen LogP contribution is -2.07. The lowest BCUT2D eigenvalue weighted by atomic mass is 10.2. The Morgan fingerprint density at radius 3 is 2.88 bits per heavy atom. The van der Waals surface area contributed by atoms with Crippen LogP contribution in [-0.2, 0) is 11.3 Å². The normalized spacial score (nSPS) is 10.4. The summed E-state index contributed by atoms with van der Waals surface area (Å²) < 4.78 is 2.01. The van der Waals surface area contributed by atoms with Gasteiger partial charge in [-0.2, -0.15) is 0 Å². The molecular weight excluding hydrogens is 216 g/mol. The van der Waals surface area contributed by atoms with Gasteiger partial charge in [-0.1, -0.05) is 0 Å². The van der Waals surface area contributed by atoms with Gasteiger partial charge >= 0.3 is 5.97 Å². The van der Waals surface area contributed by atoms with E-state index in [1.165, 1.54) is 0 Å². The van der Waals surface area contributed by atoms with Gasteiger partial charge in [0.05, 0.1) is 6.42 Å². The maximum absolute atomic E-state index is 10.6. The molecule has 2 aromatic heterocycles. The Hall–Kier alpha value is -2.10. The zero-order chi connectivity index (χ0) is 12.3. The van der Waals surface area contributed by atoms with Gasteiger partial charge in [0.2, 0.25) is 0 Å². The van der Waals surface area contributed by atoms with Gasteiger partial charge in [-0.05, 0) is 31.2 Å². The van der Waals surface area contributed by atoms with Crippen molar-refractivity contribution in [1.82, 2.24) is 9.55 Å². The van der Waals surface area contributed by atoms with Gasteiger partial charge in [-0.3, -0.25) is 9.78 Å². The van der Waals surface area contributed by atoms with E-state index in [1.807, 2.05) is 35.8 Å². The zero-order valence-electron chi connectivity index (χ0n) is 9.63. The molecule has 0 aromatic carbocycles. The Bertz CT molecular complexity index is 517. The van der Waals surface area contributed by atoms with Crippen molar-refractivity contribution in [3.63, 3.8) is 0 Å². The lowest BCUT2D eigenvalue weighted by Gasteiger charge is -2.10. The van der Waals surface area contributed by atoms with Crippen LogP contribution >= 0.6 is 0 Å². The van der Waals surface area contributed by atoms with Crippen LogP contribution in [-0.4, -0.2) is 20.6 Å². The summed E-state index contributed by atoms with van der Waals surface area (Å²) in [5, 5.41) is 8.74. The fourth-order valence-corrected chi connectivity index (χ4v) is 1.84. The quantitative estimate of drug-likeness (QED) is 0.877. The molecule has 0 fully saturated rings. The third-order valence-electron chi connectivity index (χ3n) is 2.71. The Kier molecular flexibility index (Phi) is 3.23. The summed E-state index contributed by atoms with van der Waals surface area (Å²) in [6.07, 6.45) is 3.63. The van der Waals surface area contributed by atoms with Crippen LogP contribution in [0.3, 0.4) is 0 Å². The van der Waals surface area contributed by atoms with Crippen molar-refractivity contribution in [3.8, 4) is 11.3 Å². The second-order valence-electron chi connectivity index (χ2n) is 3.90. The van der Waals surface area contributed by atoms with Crippen LogP contribution in [0.2, 0.25) is 0 Å². The average molecular weight is 230 g/mol. The van der Waals surface area contributed by atoms with Crippen molar-refractivity contribution in [3.05, 3.63) is 42.4 Å². The Balaban J connectivity index is 2.32. The van der Waals surface area contributed by atoms with E-state index in [4.69, 9.17) is 5.11 Å². The van der Waals surface area contributed by atoms with E-state index in [0.717, 1.165) is 17.0 Å². The van der Waals surface area contributed by atoms with Gasteiger partial charge in [0.25, 0.3) is 0 Å². The summed E-state index contributed by atoms with van der Waals surface area (Å²) in [5.41, 5.74) is 3.08. The molecule has 0 aliphatic rings. The number of hydrogen-bond acceptors (Lipinski definition) is 2. The second kappa shape index (κ2) is 4.82. The minimum Gasteiger partial charge on any atom is -0.481 e. The number of carbonyl (C=O) groups is 1. The molecule has 2 heterocycles. The third kappa shape index (κ3) is 2.53. The number of carboxylic acids is 1. The molecule has 0 saturated heterocycles. The van der Waals surface area contributed by atoms with E-state index < -0.39 is 5.97 Å². The topological polar surface area (TPSA) is 55.1 Å². The molecule has 1 N–H and O–H groups in total. The minimum atomic E-state index is -0.782. The van der Waals surface area contributed by atoms with E-state index in [0.29, 0.717) is 6.54 Å². The monoisotopic (exact) mass is 230 g/mol. The fourth-order valence-electron chi connectivity index (χ4n) is 1.84. The molecule has 0 aliphatic carbocycles. The van der Waals surface area contributed by atoms with E-state index in [2.05, 4.69) is 4.98 Å². The molecule has 17 heavy (non-hydrogen) atoms. The van der Waals surface area contributed by atoms with Gasteiger partial charge < -0.3 is 9.67 Å². The van der Waals surface area contributed by atoms with Crippen LogP contribution in [0.4, 0.5) is 0 Å². The molecule has 4 heteroatoms. The molecule has 0 bridgehead atoms. The minimum absolute atomic E-state index is 0.128. The third-order valence-corrected chi connectivity index (χ3v) is 2.71. The number of hydrogen-bond donors (Lipinski definition) is 1. The largest absolute Gasteiger partial charge is 0.481 e. The highest BCUT2D eigenvalue weighted by Crippen LogP contribution is 2.21. The molecule has 0 atom stereocenters. The molecule has 0 amide bonds. The van der Waals surface area contributed by atoms with Gasteiger partial charge in [-0.15, -0.1) is 0 Å². The first-order chi connectivity index (χ1) is 8.18. The number of aliphatic carboxylic acids is 1. The van der Waals surface area contributed by atoms with Crippen LogP contribution in [0.1, 0.15) is 12.1 Å². The molecule has 4 nitrogen and oxygen atoms in total. The Labute approximate surface area is 99.5 Å². The van der Waals surface area contributed by atoms with Gasteiger partial charge in [0, 0.05) is 35.9 Å². The van der Waals surface area contributed by atoms with Crippen molar-refractivity contribution in [2.45, 2.75) is 19.9 Å². The number of rotatable bonds is 4. The molecule has 88 valence electrons. The average Bonchev–Trinajstić information content (AvgIpc) is 2.69. The summed E-state index contributed by atoms with van der Waals surface area (Å²) in [6, 6.07) is 7.83. The summed E-state index contributed by atoms with van der Waals surface area (Å²) in [5.74, 6) is -0.782. The Morgan fingerprint density at radius 1 is 1.41 bits per heavy atom. The SMILES string of the molecule is Cc1ccc(-c2cccnc2)n1CCC(=O)O. The summed E-state index contributed by atoms with van der Waals surface area (Å²) in [6.45, 7) is 2.46. The lowest BCUT2D eigenvalue weighted by molar-refractivity contribution is -0.137. The predicted molar refractivity (Wildman–Crippen MR) is 64.7 cm³/mol. The highest BCUT2D eigenvalue weighted by molar-refractivity contribution is 5.67. The molecule has 0 saturated carbocycles. The van der Waals surface area contributed by atoms with Crippen LogP contribution in [0, 0.1) is 6.92 Å². The number of aromatic nitrogens is 2. The van der Waals surface area contributed by atoms with Crippen molar-refractivity contribution >= 4 is 5.97 Å². The van der Waals surface area contributed by atoms with Gasteiger partial charge in [0.1, 0.15) is 0 Å². The number of aryl methyl sites for hydroxylation is 1. The smallest absolute Gasteiger partial charge is 0.305 e. The first-order valence-electron chi connectivity index (χ1n) is 5.47. The van der Waals surface area contributed by atoms with Crippen molar-refractivity contribution < 1.29 is 9.90 Å². The van der Waals surface area contributed by atoms with Crippen LogP contribution in [0.15, 0.2) is 36.7 Å². The van der Waals surface area contributed by atoms with E-state index in [-0.39, 0.29) is 6.42 Å². The van der Waals surface area contributed by atoms with Crippen molar-refractivity contribution in [1.29, 1.82) is 0 Å². The highest BCUT2D eigenvalue weighted by Gasteiger charge is 2.08. The Morgan fingerprint density at radius 2 is 2.24 bits per heavy atom. The summed E-state index contributed by atoms with van der Waals surface area (Å²) >= 11 is 0. The van der Waals surface area contributed by atoms with Crippen molar-refractivity contribution in [2.24, 2.45) is 0 Å². The maximum Gasteiger partial charge on any atom is 0.305 e. The van der Waals surface area contributed by atoms with Gasteiger partial charge in [0.15, 0.2) is 0 Å². The second-order valence-corrected chi connectivity index (χ2v) is 3.90. The summed E-state index contributed by atoms with van der Waals surface area (Å²) in [4.78, 5) is 14.7. The number of pyridine rings is 1. The van der Waals surface area contributed by atoms with Crippen LogP contribution in [0.25, 0.3) is 11.3 Å². The molecule has 0 spiro atoms. The molecule has 2 rings (SSSR count). The molecule has 0 aliphatic heterocycles. The van der Waals surface area contributed by atoms with Crippen molar-refractivity contribution in [2.75, 3.05) is 0 Å². The highest BCUT2D eigenvalue weighted by atomic mass is 16.4. The van der Waals surface area contributed by atoms with E-state index >= 15 is 0 Å². The van der Waals surface area contributed by atoms with E-state index in [1.54, 1.807) is 12.4 Å². The van der Waals surface area contributed by atoms with Crippen LogP contribution < -0.4 is 0 Å². The first kappa shape index (κ1) is 11.4. The van der Waals surface area contributed by atoms with Gasteiger partial charge in [-0.25, -0.2) is 0 Å². The van der Waals surface area contributed by atoms with Crippen LogP contribution in [0.5, 0.6) is 0 Å². The summed E-state index contributed by atoms with van der Waals surface area (Å²) in [7, 11) is 0. The molecule has 0 unspecified atom stereocenters. The zero-order valence-corrected chi connectivity index (χ0v) is 9.63. The number of nitrogens with zero attached hydrogens (tertiary/aromatic N) is 2. The predicted octanol–water partition coefficient (Wildman–Crippen LogP) is 2.33. The molecule has 2 aromatic rings. The fraction of sp³-hybridized carbons (Fsp3) is 0.231. The maximum atomic E-state index is 10.6. The van der Waals surface area contributed by atoms with E-state index in [9.17, 15) is 4.79 Å². The standard InChI is InChI=1S/C13H14N2O2/c1-10-4-5-12(11-3-2-7-14-9-11)15(10)8-6-13(16)17/h2-5,7,9H,6,8H2,1H3,(H,16,17). The molecular formula is C13H14N2O2. The first-order valence-corrected chi connectivity index (χ1v) is 5.47. The molecule has 0 radical (unpaired) electrons. The number of carboxylic acid groups (broad SMARTS) is 1.